The topological polar surface area (TPSA) is 76.9 Å². The molecule has 3 aromatic rings. The Balaban J connectivity index is 1.79. The van der Waals surface area contributed by atoms with Gasteiger partial charge in [0.1, 0.15) is 5.01 Å². The zero-order valence-corrected chi connectivity index (χ0v) is 13.7. The first kappa shape index (κ1) is 15.4. The standard InChI is InChI=1S/C16H16N4O2S/c1-10-9-23-15(18-10)8-17-14(21)7-13-11-5-3-4-6-12(11)16(22)20(2)19-13/h3-6,9H,7-8H2,1-2H3,(H,17,21). The number of aromatic nitrogens is 3. The van der Waals surface area contributed by atoms with Crippen LogP contribution in [0.1, 0.15) is 16.4 Å². The number of hydrogen-bond acceptors (Lipinski definition) is 5. The fourth-order valence-corrected chi connectivity index (χ4v) is 3.09. The van der Waals surface area contributed by atoms with Gasteiger partial charge in [0, 0.05) is 23.5 Å². The van der Waals surface area contributed by atoms with Crippen molar-refractivity contribution >= 4 is 28.0 Å². The van der Waals surface area contributed by atoms with Gasteiger partial charge in [0.2, 0.25) is 5.91 Å². The summed E-state index contributed by atoms with van der Waals surface area (Å²) in [7, 11) is 1.59. The molecule has 0 radical (unpaired) electrons. The van der Waals surface area contributed by atoms with Gasteiger partial charge < -0.3 is 5.32 Å². The van der Waals surface area contributed by atoms with Gasteiger partial charge in [0.25, 0.3) is 5.56 Å². The minimum Gasteiger partial charge on any atom is -0.349 e. The maximum Gasteiger partial charge on any atom is 0.274 e. The Morgan fingerprint density at radius 2 is 2.04 bits per heavy atom. The smallest absolute Gasteiger partial charge is 0.274 e. The quantitative estimate of drug-likeness (QED) is 0.788. The predicted molar refractivity (Wildman–Crippen MR) is 89.4 cm³/mol. The van der Waals surface area contributed by atoms with Gasteiger partial charge in [-0.2, -0.15) is 5.10 Å². The van der Waals surface area contributed by atoms with E-state index >= 15 is 0 Å². The van der Waals surface area contributed by atoms with E-state index in [2.05, 4.69) is 15.4 Å². The van der Waals surface area contributed by atoms with Crippen molar-refractivity contribution < 1.29 is 4.79 Å². The molecule has 6 nitrogen and oxygen atoms in total. The average Bonchev–Trinajstić information content (AvgIpc) is 2.96. The second-order valence-corrected chi connectivity index (χ2v) is 6.20. The highest BCUT2D eigenvalue weighted by molar-refractivity contribution is 7.09. The lowest BCUT2D eigenvalue weighted by Crippen LogP contribution is -2.27. The lowest BCUT2D eigenvalue weighted by Gasteiger charge is -2.08. The Hall–Kier alpha value is -2.54. The van der Waals surface area contributed by atoms with Crippen molar-refractivity contribution in [2.45, 2.75) is 19.9 Å². The van der Waals surface area contributed by atoms with Crippen LogP contribution in [-0.2, 0) is 24.8 Å². The lowest BCUT2D eigenvalue weighted by atomic mass is 10.1. The Morgan fingerprint density at radius 3 is 2.74 bits per heavy atom. The normalized spacial score (nSPS) is 10.9. The van der Waals surface area contributed by atoms with Crippen LogP contribution in [0.2, 0.25) is 0 Å². The van der Waals surface area contributed by atoms with Crippen LogP contribution in [0.25, 0.3) is 10.8 Å². The molecule has 0 aliphatic heterocycles. The van der Waals surface area contributed by atoms with Gasteiger partial charge in [-0.1, -0.05) is 18.2 Å². The van der Waals surface area contributed by atoms with E-state index in [0.717, 1.165) is 16.1 Å². The predicted octanol–water partition coefficient (Wildman–Crippen LogP) is 1.56. The maximum absolute atomic E-state index is 12.2. The van der Waals surface area contributed by atoms with Gasteiger partial charge >= 0.3 is 0 Å². The summed E-state index contributed by atoms with van der Waals surface area (Å²) in [4.78, 5) is 28.6. The molecule has 118 valence electrons. The molecular weight excluding hydrogens is 312 g/mol. The van der Waals surface area contributed by atoms with Crippen LogP contribution in [0.3, 0.4) is 0 Å². The first-order chi connectivity index (χ1) is 11.0. The van der Waals surface area contributed by atoms with E-state index in [1.807, 2.05) is 24.4 Å². The molecule has 0 saturated heterocycles. The number of nitrogens with one attached hydrogen (secondary N) is 1. The van der Waals surface area contributed by atoms with Crippen LogP contribution < -0.4 is 10.9 Å². The molecule has 0 spiro atoms. The van der Waals surface area contributed by atoms with E-state index in [1.54, 1.807) is 19.2 Å². The van der Waals surface area contributed by atoms with Gasteiger partial charge in [-0.05, 0) is 13.0 Å². The second kappa shape index (κ2) is 6.29. The molecule has 0 atom stereocenters. The molecule has 1 aromatic carbocycles. The molecule has 0 bridgehead atoms. The number of benzene rings is 1. The summed E-state index contributed by atoms with van der Waals surface area (Å²) in [5, 5.41) is 11.2. The minimum atomic E-state index is -0.164. The van der Waals surface area contributed by atoms with Gasteiger partial charge in [-0.3, -0.25) is 9.59 Å². The number of nitrogens with zero attached hydrogens (tertiary/aromatic N) is 3. The first-order valence-corrected chi connectivity index (χ1v) is 8.05. The zero-order chi connectivity index (χ0) is 16.4. The maximum atomic E-state index is 12.2. The van der Waals surface area contributed by atoms with E-state index in [4.69, 9.17) is 0 Å². The van der Waals surface area contributed by atoms with Crippen molar-refractivity contribution in [2.75, 3.05) is 0 Å². The Morgan fingerprint density at radius 1 is 1.30 bits per heavy atom. The van der Waals surface area contributed by atoms with Crippen LogP contribution in [0.5, 0.6) is 0 Å². The third kappa shape index (κ3) is 3.29. The summed E-state index contributed by atoms with van der Waals surface area (Å²) in [6.07, 6.45) is 0.124. The number of carbonyl (C=O) groups is 1. The summed E-state index contributed by atoms with van der Waals surface area (Å²) in [6.45, 7) is 2.32. The fraction of sp³-hybridized carbons (Fsp3) is 0.250. The average molecular weight is 328 g/mol. The highest BCUT2D eigenvalue weighted by Crippen LogP contribution is 2.13. The van der Waals surface area contributed by atoms with E-state index in [1.165, 1.54) is 16.0 Å². The molecule has 23 heavy (non-hydrogen) atoms. The van der Waals surface area contributed by atoms with Gasteiger partial charge in [-0.25, -0.2) is 9.67 Å². The molecular formula is C16H16N4O2S. The number of amides is 1. The van der Waals surface area contributed by atoms with Crippen LogP contribution in [0.15, 0.2) is 34.4 Å². The first-order valence-electron chi connectivity index (χ1n) is 7.17. The molecule has 0 aliphatic rings. The van der Waals surface area contributed by atoms with Gasteiger partial charge in [0.05, 0.1) is 24.0 Å². The third-order valence-corrected chi connectivity index (χ3v) is 4.43. The SMILES string of the molecule is Cc1csc(CNC(=O)Cc2nn(C)c(=O)c3ccccc23)n1. The van der Waals surface area contributed by atoms with E-state index in [9.17, 15) is 9.59 Å². The van der Waals surface area contributed by atoms with E-state index < -0.39 is 0 Å². The second-order valence-electron chi connectivity index (χ2n) is 5.26. The van der Waals surface area contributed by atoms with Crippen molar-refractivity contribution in [3.05, 3.63) is 56.4 Å². The van der Waals surface area contributed by atoms with Crippen LogP contribution >= 0.6 is 11.3 Å². The number of thiazole rings is 1. The van der Waals surface area contributed by atoms with Crippen LogP contribution in [0, 0.1) is 6.92 Å². The van der Waals surface area contributed by atoms with Gasteiger partial charge in [0.15, 0.2) is 0 Å². The Labute approximate surface area is 136 Å². The van der Waals surface area contributed by atoms with Crippen molar-refractivity contribution in [3.8, 4) is 0 Å². The number of carbonyl (C=O) groups excluding carboxylic acids is 1. The van der Waals surface area contributed by atoms with Crippen molar-refractivity contribution in [3.63, 3.8) is 0 Å². The highest BCUT2D eigenvalue weighted by atomic mass is 32.1. The monoisotopic (exact) mass is 328 g/mol. The third-order valence-electron chi connectivity index (χ3n) is 3.46. The van der Waals surface area contributed by atoms with E-state index in [0.29, 0.717) is 17.6 Å². The van der Waals surface area contributed by atoms with Crippen molar-refractivity contribution in [1.29, 1.82) is 0 Å². The van der Waals surface area contributed by atoms with E-state index in [-0.39, 0.29) is 17.9 Å². The summed E-state index contributed by atoms with van der Waals surface area (Å²) < 4.78 is 1.27. The molecule has 7 heteroatoms. The molecule has 2 aromatic heterocycles. The lowest BCUT2D eigenvalue weighted by molar-refractivity contribution is -0.120. The van der Waals surface area contributed by atoms with Crippen LogP contribution in [-0.4, -0.2) is 20.7 Å². The minimum absolute atomic E-state index is 0.124. The number of hydrogen-bond donors (Lipinski definition) is 1. The highest BCUT2D eigenvalue weighted by Gasteiger charge is 2.12. The molecule has 1 N–H and O–H groups in total. The summed E-state index contributed by atoms with van der Waals surface area (Å²) >= 11 is 1.52. The Kier molecular flexibility index (Phi) is 4.20. The van der Waals surface area contributed by atoms with Gasteiger partial charge in [-0.15, -0.1) is 11.3 Å². The molecule has 0 unspecified atom stereocenters. The fourth-order valence-electron chi connectivity index (χ4n) is 2.38. The zero-order valence-electron chi connectivity index (χ0n) is 12.9. The number of fused-ring (bicyclic) bond motifs is 1. The largest absolute Gasteiger partial charge is 0.349 e. The number of rotatable bonds is 4. The molecule has 0 fully saturated rings. The molecule has 0 aliphatic carbocycles. The van der Waals surface area contributed by atoms with Crippen molar-refractivity contribution in [2.24, 2.45) is 7.05 Å². The van der Waals surface area contributed by atoms with Crippen molar-refractivity contribution in [1.82, 2.24) is 20.1 Å². The summed E-state index contributed by atoms with van der Waals surface area (Å²) in [5.74, 6) is -0.144. The molecule has 1 amide bonds. The molecule has 3 rings (SSSR count). The molecule has 2 heterocycles. The summed E-state index contributed by atoms with van der Waals surface area (Å²) in [6, 6.07) is 7.21. The summed E-state index contributed by atoms with van der Waals surface area (Å²) in [5.41, 5.74) is 1.38. The number of aryl methyl sites for hydroxylation is 2. The molecule has 0 saturated carbocycles. The van der Waals surface area contributed by atoms with Crippen LogP contribution in [0.4, 0.5) is 0 Å². The Bertz CT molecular complexity index is 929.